The molecule has 26 heavy (non-hydrogen) atoms. The third-order valence-corrected chi connectivity index (χ3v) is 5.10. The van der Waals surface area contributed by atoms with Crippen LogP contribution in [0.4, 0.5) is 5.69 Å². The SMILES string of the molecule is CC(=O)NS(=O)(=O)c1ccc(NC(=O)CSc2nc(O)cc(=O)[nH]2)cc1. The van der Waals surface area contributed by atoms with Gasteiger partial charge < -0.3 is 15.4 Å². The Morgan fingerprint density at radius 3 is 2.50 bits per heavy atom. The van der Waals surface area contributed by atoms with Gasteiger partial charge in [-0.3, -0.25) is 14.4 Å². The molecular weight excluding hydrogens is 384 g/mol. The third kappa shape index (κ3) is 5.60. The Hall–Kier alpha value is -2.86. The smallest absolute Gasteiger partial charge is 0.264 e. The van der Waals surface area contributed by atoms with Crippen LogP contribution in [-0.4, -0.2) is 41.1 Å². The lowest BCUT2D eigenvalue weighted by atomic mass is 10.3. The number of rotatable bonds is 6. The van der Waals surface area contributed by atoms with Gasteiger partial charge in [-0.1, -0.05) is 11.8 Å². The third-order valence-electron chi connectivity index (χ3n) is 2.77. The highest BCUT2D eigenvalue weighted by atomic mass is 32.2. The number of hydrogen-bond donors (Lipinski definition) is 4. The molecule has 0 saturated heterocycles. The van der Waals surface area contributed by atoms with Crippen molar-refractivity contribution in [2.24, 2.45) is 0 Å². The highest BCUT2D eigenvalue weighted by molar-refractivity contribution is 7.99. The molecule has 10 nitrogen and oxygen atoms in total. The lowest BCUT2D eigenvalue weighted by Gasteiger charge is -2.07. The molecule has 0 radical (unpaired) electrons. The van der Waals surface area contributed by atoms with E-state index in [9.17, 15) is 27.9 Å². The number of anilines is 1. The minimum atomic E-state index is -3.94. The topological polar surface area (TPSA) is 158 Å². The lowest BCUT2D eigenvalue weighted by molar-refractivity contribution is -0.117. The molecule has 0 fully saturated rings. The van der Waals surface area contributed by atoms with Gasteiger partial charge in [0.15, 0.2) is 5.16 Å². The maximum Gasteiger partial charge on any atom is 0.264 e. The number of carbonyl (C=O) groups excluding carboxylic acids is 2. The van der Waals surface area contributed by atoms with Crippen LogP contribution in [0.1, 0.15) is 6.92 Å². The van der Waals surface area contributed by atoms with Crippen LogP contribution in [0.5, 0.6) is 5.88 Å². The zero-order valence-corrected chi connectivity index (χ0v) is 15.0. The molecule has 0 atom stereocenters. The first-order chi connectivity index (χ1) is 12.2. The molecule has 0 spiro atoms. The summed E-state index contributed by atoms with van der Waals surface area (Å²) in [7, 11) is -3.94. The van der Waals surface area contributed by atoms with Gasteiger partial charge >= 0.3 is 0 Å². The number of thioether (sulfide) groups is 1. The molecule has 2 rings (SSSR count). The summed E-state index contributed by atoms with van der Waals surface area (Å²) in [5, 5.41) is 11.8. The Morgan fingerprint density at radius 1 is 1.27 bits per heavy atom. The van der Waals surface area contributed by atoms with E-state index >= 15 is 0 Å². The summed E-state index contributed by atoms with van der Waals surface area (Å²) >= 11 is 0.908. The Kier molecular flexibility index (Phi) is 6.00. The van der Waals surface area contributed by atoms with E-state index in [0.717, 1.165) is 24.8 Å². The van der Waals surface area contributed by atoms with Crippen LogP contribution in [0.15, 0.2) is 45.2 Å². The minimum absolute atomic E-state index is 0.0851. The number of hydrogen-bond acceptors (Lipinski definition) is 8. The number of nitrogens with one attached hydrogen (secondary N) is 3. The molecular formula is C14H14N4O6S2. The van der Waals surface area contributed by atoms with Gasteiger partial charge in [0.2, 0.25) is 17.7 Å². The molecule has 0 bridgehead atoms. The predicted octanol–water partition coefficient (Wildman–Crippen LogP) is 0.0311. The van der Waals surface area contributed by atoms with Crippen molar-refractivity contribution >= 4 is 39.3 Å². The van der Waals surface area contributed by atoms with Crippen LogP contribution < -0.4 is 15.6 Å². The van der Waals surface area contributed by atoms with Crippen molar-refractivity contribution in [1.29, 1.82) is 0 Å². The Balaban J connectivity index is 1.97. The molecule has 1 aromatic heterocycles. The second-order valence-corrected chi connectivity index (χ2v) is 7.58. The number of amides is 2. The highest BCUT2D eigenvalue weighted by Gasteiger charge is 2.15. The van der Waals surface area contributed by atoms with E-state index in [2.05, 4.69) is 15.3 Å². The summed E-state index contributed by atoms with van der Waals surface area (Å²) in [6.07, 6.45) is 0. The van der Waals surface area contributed by atoms with Crippen LogP contribution >= 0.6 is 11.8 Å². The van der Waals surface area contributed by atoms with E-state index in [-0.39, 0.29) is 15.8 Å². The molecule has 1 aromatic carbocycles. The normalized spacial score (nSPS) is 11.0. The van der Waals surface area contributed by atoms with Gasteiger partial charge in [-0.25, -0.2) is 13.1 Å². The van der Waals surface area contributed by atoms with Crippen molar-refractivity contribution in [3.8, 4) is 5.88 Å². The number of aromatic amines is 1. The number of H-pyrrole nitrogens is 1. The quantitative estimate of drug-likeness (QED) is 0.392. The van der Waals surface area contributed by atoms with Crippen molar-refractivity contribution in [2.45, 2.75) is 17.0 Å². The lowest BCUT2D eigenvalue weighted by Crippen LogP contribution is -2.28. The van der Waals surface area contributed by atoms with Gasteiger partial charge in [-0.15, -0.1) is 0 Å². The van der Waals surface area contributed by atoms with Crippen LogP contribution in [0, 0.1) is 0 Å². The van der Waals surface area contributed by atoms with Crippen molar-refractivity contribution in [3.63, 3.8) is 0 Å². The monoisotopic (exact) mass is 398 g/mol. The Bertz CT molecular complexity index is 985. The first-order valence-electron chi connectivity index (χ1n) is 7.02. The molecule has 2 aromatic rings. The van der Waals surface area contributed by atoms with Crippen molar-refractivity contribution in [1.82, 2.24) is 14.7 Å². The maximum absolute atomic E-state index is 11.9. The van der Waals surface area contributed by atoms with Gasteiger partial charge in [0.05, 0.1) is 16.7 Å². The summed E-state index contributed by atoms with van der Waals surface area (Å²) < 4.78 is 25.5. The van der Waals surface area contributed by atoms with Crippen LogP contribution in [0.25, 0.3) is 0 Å². The van der Waals surface area contributed by atoms with Gasteiger partial charge in [0.1, 0.15) is 0 Å². The Morgan fingerprint density at radius 2 is 1.92 bits per heavy atom. The fourth-order valence-electron chi connectivity index (χ4n) is 1.79. The van der Waals surface area contributed by atoms with Crippen molar-refractivity contribution < 1.29 is 23.1 Å². The minimum Gasteiger partial charge on any atom is -0.493 e. The molecule has 0 aliphatic heterocycles. The number of carbonyl (C=O) groups is 2. The highest BCUT2D eigenvalue weighted by Crippen LogP contribution is 2.16. The van der Waals surface area contributed by atoms with E-state index in [1.54, 1.807) is 0 Å². The number of benzene rings is 1. The van der Waals surface area contributed by atoms with E-state index in [1.807, 2.05) is 4.72 Å². The summed E-state index contributed by atoms with van der Waals surface area (Å²) in [5.41, 5.74) is -0.203. The zero-order valence-electron chi connectivity index (χ0n) is 13.3. The number of aromatic hydroxyl groups is 1. The number of aromatic nitrogens is 2. The van der Waals surface area contributed by atoms with E-state index in [0.29, 0.717) is 5.69 Å². The molecule has 138 valence electrons. The van der Waals surface area contributed by atoms with Crippen LogP contribution in [-0.2, 0) is 19.6 Å². The predicted molar refractivity (Wildman–Crippen MR) is 93.3 cm³/mol. The molecule has 0 unspecified atom stereocenters. The second kappa shape index (κ2) is 8.01. The van der Waals surface area contributed by atoms with Crippen molar-refractivity contribution in [3.05, 3.63) is 40.7 Å². The van der Waals surface area contributed by atoms with E-state index in [1.165, 1.54) is 24.3 Å². The molecule has 4 N–H and O–H groups in total. The maximum atomic E-state index is 11.9. The summed E-state index contributed by atoms with van der Waals surface area (Å²) in [5.74, 6) is -1.69. The van der Waals surface area contributed by atoms with E-state index < -0.39 is 33.3 Å². The van der Waals surface area contributed by atoms with E-state index in [4.69, 9.17) is 0 Å². The van der Waals surface area contributed by atoms with Crippen LogP contribution in [0.2, 0.25) is 0 Å². The van der Waals surface area contributed by atoms with Crippen molar-refractivity contribution in [2.75, 3.05) is 11.1 Å². The average Bonchev–Trinajstić information content (AvgIpc) is 2.51. The number of sulfonamides is 1. The summed E-state index contributed by atoms with van der Waals surface area (Å²) in [4.78, 5) is 39.9. The van der Waals surface area contributed by atoms with Gasteiger partial charge in [-0.05, 0) is 24.3 Å². The van der Waals surface area contributed by atoms with Gasteiger partial charge in [0.25, 0.3) is 15.6 Å². The summed E-state index contributed by atoms with van der Waals surface area (Å²) in [6, 6.07) is 6.11. The summed E-state index contributed by atoms with van der Waals surface area (Å²) in [6.45, 7) is 1.08. The first-order valence-corrected chi connectivity index (χ1v) is 9.49. The standard InChI is InChI=1S/C14H14N4O6S2/c1-8(19)18-26(23,24)10-4-2-9(3-5-10)15-13(22)7-25-14-16-11(20)6-12(21)17-14/h2-6H,7H2,1H3,(H,15,22)(H,18,19)(H2,16,17,20,21). The molecule has 0 aliphatic rings. The van der Waals surface area contributed by atoms with Crippen LogP contribution in [0.3, 0.4) is 0 Å². The Labute approximate surface area is 152 Å². The van der Waals surface area contributed by atoms with Gasteiger partial charge in [-0.2, -0.15) is 4.98 Å². The van der Waals surface area contributed by atoms with Gasteiger partial charge in [0, 0.05) is 12.6 Å². The zero-order chi connectivity index (χ0) is 19.3. The molecule has 0 aliphatic carbocycles. The molecule has 0 saturated carbocycles. The molecule has 12 heteroatoms. The first kappa shape index (κ1) is 19.5. The fraction of sp³-hybridized carbons (Fsp3) is 0.143. The molecule has 1 heterocycles. The molecule has 2 amide bonds. The fourth-order valence-corrected chi connectivity index (χ4v) is 3.45. The largest absolute Gasteiger partial charge is 0.493 e. The average molecular weight is 398 g/mol. The second-order valence-electron chi connectivity index (χ2n) is 4.93. The number of nitrogens with zero attached hydrogens (tertiary/aromatic N) is 1.